The molecule has 0 radical (unpaired) electrons. The molecule has 1 aromatic carbocycles. The summed E-state index contributed by atoms with van der Waals surface area (Å²) in [5, 5.41) is 4.45. The van der Waals surface area contributed by atoms with Crippen LogP contribution in [0, 0.1) is 13.8 Å². The number of H-pyrrole nitrogens is 1. The molecule has 2 N–H and O–H groups in total. The van der Waals surface area contributed by atoms with Crippen molar-refractivity contribution in [2.45, 2.75) is 20.4 Å². The molecule has 0 atom stereocenters. The zero-order chi connectivity index (χ0) is 14.1. The first kappa shape index (κ1) is 13.3. The summed E-state index contributed by atoms with van der Waals surface area (Å²) < 4.78 is 0. The highest BCUT2D eigenvalue weighted by Gasteiger charge is 2.13. The van der Waals surface area contributed by atoms with Crippen molar-refractivity contribution in [1.29, 1.82) is 0 Å². The second-order valence-electron chi connectivity index (χ2n) is 5.62. The number of nitrogens with zero attached hydrogens (tertiary/aromatic N) is 1. The molecule has 0 spiro atoms. The average Bonchev–Trinajstić information content (AvgIpc) is 2.46. The number of aryl methyl sites for hydroxylation is 2. The van der Waals surface area contributed by atoms with E-state index < -0.39 is 0 Å². The highest BCUT2D eigenvalue weighted by molar-refractivity contribution is 5.83. The number of aromatic nitrogens is 1. The Balaban J connectivity index is 1.98. The van der Waals surface area contributed by atoms with Gasteiger partial charge in [0.25, 0.3) is 5.56 Å². The molecule has 1 aromatic heterocycles. The van der Waals surface area contributed by atoms with Crippen LogP contribution in [-0.2, 0) is 6.54 Å². The van der Waals surface area contributed by atoms with Gasteiger partial charge in [-0.1, -0.05) is 12.1 Å². The van der Waals surface area contributed by atoms with E-state index in [0.717, 1.165) is 54.8 Å². The summed E-state index contributed by atoms with van der Waals surface area (Å²) in [6.07, 6.45) is 0. The second kappa shape index (κ2) is 5.38. The predicted molar refractivity (Wildman–Crippen MR) is 82.2 cm³/mol. The monoisotopic (exact) mass is 271 g/mol. The van der Waals surface area contributed by atoms with E-state index in [2.05, 4.69) is 41.2 Å². The molecule has 1 aliphatic rings. The van der Waals surface area contributed by atoms with E-state index in [-0.39, 0.29) is 5.56 Å². The van der Waals surface area contributed by atoms with Crippen molar-refractivity contribution in [2.75, 3.05) is 26.2 Å². The molecule has 4 nitrogen and oxygen atoms in total. The van der Waals surface area contributed by atoms with E-state index in [1.165, 1.54) is 5.56 Å². The second-order valence-corrected chi connectivity index (χ2v) is 5.62. The number of rotatable bonds is 2. The molecule has 106 valence electrons. The molecule has 1 fully saturated rings. The molecule has 20 heavy (non-hydrogen) atoms. The van der Waals surface area contributed by atoms with Crippen molar-refractivity contribution in [3.63, 3.8) is 0 Å². The van der Waals surface area contributed by atoms with E-state index in [0.29, 0.717) is 0 Å². The number of hydrogen-bond donors (Lipinski definition) is 2. The quantitative estimate of drug-likeness (QED) is 0.871. The molecule has 4 heteroatoms. The van der Waals surface area contributed by atoms with Crippen LogP contribution in [-0.4, -0.2) is 36.1 Å². The minimum absolute atomic E-state index is 0.0460. The van der Waals surface area contributed by atoms with Crippen LogP contribution in [0.4, 0.5) is 0 Å². The molecule has 0 aliphatic carbocycles. The normalized spacial score (nSPS) is 16.7. The van der Waals surface area contributed by atoms with Gasteiger partial charge in [0.2, 0.25) is 0 Å². The SMILES string of the molecule is Cc1ccc2cc(CN3CCNCC3)c(=O)[nH]c2c1C. The minimum atomic E-state index is 0.0460. The van der Waals surface area contributed by atoms with Crippen molar-refractivity contribution < 1.29 is 0 Å². The smallest absolute Gasteiger partial charge is 0.252 e. The maximum absolute atomic E-state index is 12.3. The van der Waals surface area contributed by atoms with Gasteiger partial charge >= 0.3 is 0 Å². The van der Waals surface area contributed by atoms with Gasteiger partial charge in [-0.3, -0.25) is 9.69 Å². The predicted octanol–water partition coefficient (Wildman–Crippen LogP) is 1.55. The lowest BCUT2D eigenvalue weighted by Gasteiger charge is -2.26. The summed E-state index contributed by atoms with van der Waals surface area (Å²) in [5.41, 5.74) is 4.25. The third-order valence-corrected chi connectivity index (χ3v) is 4.23. The molecule has 0 unspecified atom stereocenters. The average molecular weight is 271 g/mol. The van der Waals surface area contributed by atoms with E-state index in [4.69, 9.17) is 0 Å². The fourth-order valence-corrected chi connectivity index (χ4v) is 2.80. The lowest BCUT2D eigenvalue weighted by Crippen LogP contribution is -2.43. The number of aromatic amines is 1. The molecular formula is C16H21N3O. The first-order valence-corrected chi connectivity index (χ1v) is 7.20. The number of fused-ring (bicyclic) bond motifs is 1. The molecule has 0 bridgehead atoms. The van der Waals surface area contributed by atoms with Crippen molar-refractivity contribution in [1.82, 2.24) is 15.2 Å². The van der Waals surface area contributed by atoms with Crippen LogP contribution in [0.2, 0.25) is 0 Å². The Morgan fingerprint density at radius 3 is 2.70 bits per heavy atom. The zero-order valence-corrected chi connectivity index (χ0v) is 12.1. The Morgan fingerprint density at radius 2 is 1.95 bits per heavy atom. The Morgan fingerprint density at radius 1 is 1.20 bits per heavy atom. The molecule has 2 heterocycles. The van der Waals surface area contributed by atoms with Crippen LogP contribution in [0.5, 0.6) is 0 Å². The molecule has 1 saturated heterocycles. The van der Waals surface area contributed by atoms with Gasteiger partial charge in [0.05, 0.1) is 5.52 Å². The van der Waals surface area contributed by atoms with Gasteiger partial charge in [-0.05, 0) is 36.4 Å². The van der Waals surface area contributed by atoms with E-state index in [1.54, 1.807) is 0 Å². The number of benzene rings is 1. The highest BCUT2D eigenvalue weighted by Crippen LogP contribution is 2.19. The lowest BCUT2D eigenvalue weighted by atomic mass is 10.0. The summed E-state index contributed by atoms with van der Waals surface area (Å²) in [6.45, 7) is 8.88. The number of nitrogens with one attached hydrogen (secondary N) is 2. The van der Waals surface area contributed by atoms with Gasteiger partial charge in [0.15, 0.2) is 0 Å². The van der Waals surface area contributed by atoms with Crippen molar-refractivity contribution in [2.24, 2.45) is 0 Å². The first-order chi connectivity index (χ1) is 9.65. The molecule has 0 amide bonds. The van der Waals surface area contributed by atoms with Crippen LogP contribution < -0.4 is 10.9 Å². The van der Waals surface area contributed by atoms with Crippen molar-refractivity contribution in [3.05, 3.63) is 45.2 Å². The largest absolute Gasteiger partial charge is 0.321 e. The Hall–Kier alpha value is -1.65. The van der Waals surface area contributed by atoms with E-state index in [9.17, 15) is 4.79 Å². The molecule has 1 aliphatic heterocycles. The van der Waals surface area contributed by atoms with Crippen molar-refractivity contribution in [3.8, 4) is 0 Å². The molecule has 0 saturated carbocycles. The third kappa shape index (κ3) is 2.49. The fraction of sp³-hybridized carbons (Fsp3) is 0.438. The summed E-state index contributed by atoms with van der Waals surface area (Å²) in [7, 11) is 0. The third-order valence-electron chi connectivity index (χ3n) is 4.23. The lowest BCUT2D eigenvalue weighted by molar-refractivity contribution is 0.232. The van der Waals surface area contributed by atoms with Crippen LogP contribution in [0.15, 0.2) is 23.0 Å². The van der Waals surface area contributed by atoms with Crippen LogP contribution in [0.1, 0.15) is 16.7 Å². The van der Waals surface area contributed by atoms with Gasteiger partial charge in [0.1, 0.15) is 0 Å². The van der Waals surface area contributed by atoms with Gasteiger partial charge in [0, 0.05) is 38.3 Å². The maximum Gasteiger partial charge on any atom is 0.252 e. The zero-order valence-electron chi connectivity index (χ0n) is 12.1. The minimum Gasteiger partial charge on any atom is -0.321 e. The standard InChI is InChI=1S/C16H21N3O/c1-11-3-4-13-9-14(10-19-7-5-17-6-8-19)16(20)18-15(13)12(11)2/h3-4,9,17H,5-8,10H2,1-2H3,(H,18,20). The Labute approximate surface area is 118 Å². The highest BCUT2D eigenvalue weighted by atomic mass is 16.1. The summed E-state index contributed by atoms with van der Waals surface area (Å²) >= 11 is 0. The molecular weight excluding hydrogens is 250 g/mol. The Bertz CT molecular complexity index is 684. The summed E-state index contributed by atoms with van der Waals surface area (Å²) in [5.74, 6) is 0. The van der Waals surface area contributed by atoms with Crippen molar-refractivity contribution >= 4 is 10.9 Å². The Kier molecular flexibility index (Phi) is 3.59. The molecule has 2 aromatic rings. The van der Waals surface area contributed by atoms with Gasteiger partial charge in [-0.25, -0.2) is 0 Å². The number of piperazine rings is 1. The van der Waals surface area contributed by atoms with Crippen LogP contribution in [0.25, 0.3) is 10.9 Å². The van der Waals surface area contributed by atoms with Gasteiger partial charge < -0.3 is 10.3 Å². The van der Waals surface area contributed by atoms with Crippen LogP contribution >= 0.6 is 0 Å². The van der Waals surface area contributed by atoms with Crippen LogP contribution in [0.3, 0.4) is 0 Å². The topological polar surface area (TPSA) is 48.1 Å². The molecule has 3 rings (SSSR count). The first-order valence-electron chi connectivity index (χ1n) is 7.20. The van der Waals surface area contributed by atoms with Gasteiger partial charge in [-0.2, -0.15) is 0 Å². The number of hydrogen-bond acceptors (Lipinski definition) is 3. The van der Waals surface area contributed by atoms with E-state index >= 15 is 0 Å². The fourth-order valence-electron chi connectivity index (χ4n) is 2.80. The van der Waals surface area contributed by atoms with Gasteiger partial charge in [-0.15, -0.1) is 0 Å². The summed E-state index contributed by atoms with van der Waals surface area (Å²) in [6, 6.07) is 6.25. The maximum atomic E-state index is 12.3. The number of pyridine rings is 1. The van der Waals surface area contributed by atoms with E-state index in [1.807, 2.05) is 6.07 Å². The summed E-state index contributed by atoms with van der Waals surface area (Å²) in [4.78, 5) is 17.7.